The minimum absolute atomic E-state index is 0.0533. The highest BCUT2D eigenvalue weighted by Gasteiger charge is 2.61. The molecule has 0 heterocycles. The van der Waals surface area contributed by atoms with E-state index in [0.717, 1.165) is 32.1 Å². The Kier molecular flexibility index (Phi) is 5.26. The van der Waals surface area contributed by atoms with Gasteiger partial charge in [-0.15, -0.1) is 0 Å². The molecule has 0 radical (unpaired) electrons. The summed E-state index contributed by atoms with van der Waals surface area (Å²) >= 11 is 12.2. The molecular formula is C25H25Cl2NO3. The summed E-state index contributed by atoms with van der Waals surface area (Å²) in [5.41, 5.74) is 1.25. The fourth-order valence-corrected chi connectivity index (χ4v) is 7.20. The van der Waals surface area contributed by atoms with Crippen LogP contribution in [0.3, 0.4) is 0 Å². The third kappa shape index (κ3) is 3.74. The molecule has 0 aromatic heterocycles. The van der Waals surface area contributed by atoms with Gasteiger partial charge in [0.15, 0.2) is 6.61 Å². The molecule has 4 saturated carbocycles. The number of anilines is 1. The molecule has 2 unspecified atom stereocenters. The molecular weight excluding hydrogens is 433 g/mol. The Labute approximate surface area is 192 Å². The fourth-order valence-electron chi connectivity index (χ4n) is 6.71. The van der Waals surface area contributed by atoms with Crippen LogP contribution in [0.4, 0.5) is 5.69 Å². The van der Waals surface area contributed by atoms with Crippen molar-refractivity contribution in [3.05, 3.63) is 64.1 Å². The predicted octanol–water partition coefficient (Wildman–Crippen LogP) is 6.01. The summed E-state index contributed by atoms with van der Waals surface area (Å²) in [6.07, 6.45) is 6.05. The average Bonchev–Trinajstić information content (AvgIpc) is 2.74. The van der Waals surface area contributed by atoms with Gasteiger partial charge in [0, 0.05) is 0 Å². The van der Waals surface area contributed by atoms with Gasteiger partial charge in [-0.1, -0.05) is 59.6 Å². The zero-order valence-corrected chi connectivity index (χ0v) is 18.7. The van der Waals surface area contributed by atoms with Crippen molar-refractivity contribution in [3.8, 4) is 0 Å². The topological polar surface area (TPSA) is 55.4 Å². The van der Waals surface area contributed by atoms with Crippen molar-refractivity contribution in [3.63, 3.8) is 0 Å². The molecule has 6 heteroatoms. The number of carbonyl (C=O) groups excluding carboxylic acids is 2. The molecule has 1 amide bonds. The van der Waals surface area contributed by atoms with E-state index in [1.54, 1.807) is 18.2 Å². The van der Waals surface area contributed by atoms with E-state index >= 15 is 0 Å². The molecule has 4 aliphatic carbocycles. The third-order valence-corrected chi connectivity index (χ3v) is 8.07. The second kappa shape index (κ2) is 7.83. The molecule has 31 heavy (non-hydrogen) atoms. The number of esters is 1. The van der Waals surface area contributed by atoms with E-state index in [9.17, 15) is 9.59 Å². The van der Waals surface area contributed by atoms with Gasteiger partial charge < -0.3 is 10.1 Å². The molecule has 4 nitrogen and oxygen atoms in total. The number of hydrogen-bond donors (Lipinski definition) is 1. The Bertz CT molecular complexity index is 988. The largest absolute Gasteiger partial charge is 0.455 e. The van der Waals surface area contributed by atoms with E-state index in [0.29, 0.717) is 27.6 Å². The van der Waals surface area contributed by atoms with Crippen LogP contribution >= 0.6 is 23.2 Å². The first kappa shape index (κ1) is 20.8. The normalized spacial score (nSPS) is 30.8. The van der Waals surface area contributed by atoms with Crippen LogP contribution in [0.5, 0.6) is 0 Å². The van der Waals surface area contributed by atoms with Crippen molar-refractivity contribution in [2.24, 2.45) is 17.3 Å². The molecule has 2 aromatic rings. The number of nitrogens with one attached hydrogen (secondary N) is 1. The lowest BCUT2D eigenvalue weighted by Gasteiger charge is -2.61. The van der Waals surface area contributed by atoms with Crippen LogP contribution in [0.2, 0.25) is 10.0 Å². The molecule has 4 aliphatic rings. The number of hydrogen-bond acceptors (Lipinski definition) is 3. The lowest BCUT2D eigenvalue weighted by Crippen LogP contribution is -2.57. The second-order valence-corrected chi connectivity index (χ2v) is 10.4. The monoisotopic (exact) mass is 457 g/mol. The Morgan fingerprint density at radius 1 is 0.935 bits per heavy atom. The number of carbonyl (C=O) groups is 2. The van der Waals surface area contributed by atoms with Crippen LogP contribution in [0.25, 0.3) is 0 Å². The van der Waals surface area contributed by atoms with Gasteiger partial charge in [-0.05, 0) is 73.5 Å². The van der Waals surface area contributed by atoms with Gasteiger partial charge in [0.1, 0.15) is 0 Å². The number of amides is 1. The highest BCUT2D eigenvalue weighted by atomic mass is 35.5. The zero-order chi connectivity index (χ0) is 21.6. The molecule has 6 rings (SSSR count). The highest BCUT2D eigenvalue weighted by molar-refractivity contribution is 6.39. The number of benzene rings is 2. The zero-order valence-electron chi connectivity index (χ0n) is 17.2. The van der Waals surface area contributed by atoms with Crippen LogP contribution < -0.4 is 5.32 Å². The maximum Gasteiger partial charge on any atom is 0.312 e. The second-order valence-electron chi connectivity index (χ2n) is 9.61. The molecule has 4 bridgehead atoms. The van der Waals surface area contributed by atoms with Crippen molar-refractivity contribution < 1.29 is 14.3 Å². The molecule has 4 fully saturated rings. The quantitative estimate of drug-likeness (QED) is 0.558. The number of para-hydroxylation sites is 1. The predicted molar refractivity (Wildman–Crippen MR) is 121 cm³/mol. The van der Waals surface area contributed by atoms with E-state index in [4.69, 9.17) is 27.9 Å². The van der Waals surface area contributed by atoms with Crippen molar-refractivity contribution in [1.82, 2.24) is 0 Å². The molecule has 0 spiro atoms. The van der Waals surface area contributed by atoms with Crippen LogP contribution in [0.15, 0.2) is 48.5 Å². The van der Waals surface area contributed by atoms with Gasteiger partial charge in [0.2, 0.25) is 0 Å². The van der Waals surface area contributed by atoms with Crippen LogP contribution in [-0.2, 0) is 19.7 Å². The van der Waals surface area contributed by atoms with Gasteiger partial charge in [-0.25, -0.2) is 0 Å². The van der Waals surface area contributed by atoms with Gasteiger partial charge in [0.25, 0.3) is 5.91 Å². The first-order valence-electron chi connectivity index (χ1n) is 10.9. The summed E-state index contributed by atoms with van der Waals surface area (Å²) in [5.74, 6) is 0.419. The number of halogens is 2. The molecule has 1 N–H and O–H groups in total. The molecule has 2 atom stereocenters. The first-order chi connectivity index (χ1) is 14.9. The lowest BCUT2D eigenvalue weighted by molar-refractivity contribution is -0.175. The van der Waals surface area contributed by atoms with Gasteiger partial charge >= 0.3 is 5.97 Å². The van der Waals surface area contributed by atoms with E-state index in [1.807, 2.05) is 6.07 Å². The maximum atomic E-state index is 13.3. The van der Waals surface area contributed by atoms with Gasteiger partial charge in [-0.3, -0.25) is 9.59 Å². The molecule has 2 aromatic carbocycles. The number of ether oxygens (including phenoxy) is 1. The summed E-state index contributed by atoms with van der Waals surface area (Å²) in [6, 6.07) is 15.6. The number of rotatable bonds is 5. The Morgan fingerprint density at radius 2 is 1.58 bits per heavy atom. The minimum atomic E-state index is -0.484. The Balaban J connectivity index is 1.30. The van der Waals surface area contributed by atoms with Crippen molar-refractivity contribution >= 4 is 40.8 Å². The lowest BCUT2D eigenvalue weighted by atomic mass is 9.43. The summed E-state index contributed by atoms with van der Waals surface area (Å²) in [7, 11) is 0. The van der Waals surface area contributed by atoms with E-state index in [2.05, 4.69) is 29.6 Å². The van der Waals surface area contributed by atoms with E-state index in [-0.39, 0.29) is 18.0 Å². The minimum Gasteiger partial charge on any atom is -0.455 e. The smallest absolute Gasteiger partial charge is 0.312 e. The molecule has 0 aliphatic heterocycles. The third-order valence-electron chi connectivity index (χ3n) is 7.44. The van der Waals surface area contributed by atoms with E-state index in [1.165, 1.54) is 12.0 Å². The van der Waals surface area contributed by atoms with Crippen LogP contribution in [0.1, 0.15) is 44.1 Å². The average molecular weight is 458 g/mol. The van der Waals surface area contributed by atoms with Crippen molar-refractivity contribution in [2.45, 2.75) is 43.9 Å². The summed E-state index contributed by atoms with van der Waals surface area (Å²) < 4.78 is 5.58. The maximum absolute atomic E-state index is 13.3. The molecule has 0 saturated heterocycles. The standard InChI is InChI=1S/C25H25Cl2NO3/c26-19-7-4-8-20(27)22(19)28-21(29)14-31-23(30)25-12-16-9-17(13-25)11-24(10-16,15-25)18-5-2-1-3-6-18/h1-8,16-17H,9-15H2,(H,28,29). The molecule has 162 valence electrons. The fraction of sp³-hybridized carbons (Fsp3) is 0.440. The van der Waals surface area contributed by atoms with Crippen LogP contribution in [0, 0.1) is 17.3 Å². The van der Waals surface area contributed by atoms with Gasteiger partial charge in [-0.2, -0.15) is 0 Å². The summed E-state index contributed by atoms with van der Waals surface area (Å²) in [5, 5.41) is 3.35. The Hall–Kier alpha value is -2.04. The Morgan fingerprint density at radius 3 is 2.23 bits per heavy atom. The van der Waals surface area contributed by atoms with Crippen molar-refractivity contribution in [1.29, 1.82) is 0 Å². The van der Waals surface area contributed by atoms with E-state index < -0.39 is 11.3 Å². The summed E-state index contributed by atoms with van der Waals surface area (Å²) in [6.45, 7) is -0.337. The highest BCUT2D eigenvalue weighted by Crippen LogP contribution is 2.66. The van der Waals surface area contributed by atoms with Crippen molar-refractivity contribution in [2.75, 3.05) is 11.9 Å². The summed E-state index contributed by atoms with van der Waals surface area (Å²) in [4.78, 5) is 25.7. The SMILES string of the molecule is O=C(COC(=O)C12CC3CC(C1)CC(c1ccccc1)(C3)C2)Nc1c(Cl)cccc1Cl. The first-order valence-corrected chi connectivity index (χ1v) is 11.6. The van der Waals surface area contributed by atoms with Crippen LogP contribution in [-0.4, -0.2) is 18.5 Å². The van der Waals surface area contributed by atoms with Gasteiger partial charge in [0.05, 0.1) is 21.1 Å².